The summed E-state index contributed by atoms with van der Waals surface area (Å²) in [5.41, 5.74) is 2.78. The summed E-state index contributed by atoms with van der Waals surface area (Å²) in [6.07, 6.45) is 3.55. The van der Waals surface area contributed by atoms with Gasteiger partial charge in [0.2, 0.25) is 5.95 Å². The molecule has 0 amide bonds. The van der Waals surface area contributed by atoms with E-state index in [4.69, 9.17) is 4.98 Å². The van der Waals surface area contributed by atoms with Crippen LogP contribution in [0.25, 0.3) is 16.6 Å². The van der Waals surface area contributed by atoms with Gasteiger partial charge in [-0.25, -0.2) is 9.55 Å². The monoisotopic (exact) mass is 319 g/mol. The molecule has 0 spiro atoms. The van der Waals surface area contributed by atoms with E-state index in [9.17, 15) is 4.79 Å². The van der Waals surface area contributed by atoms with Crippen LogP contribution in [0.2, 0.25) is 0 Å². The smallest absolute Gasteiger partial charge is 0.267 e. The lowest BCUT2D eigenvalue weighted by Gasteiger charge is -2.30. The Bertz CT molecular complexity index is 939. The van der Waals surface area contributed by atoms with E-state index in [-0.39, 0.29) is 5.56 Å². The van der Waals surface area contributed by atoms with Crippen LogP contribution < -0.4 is 10.5 Å². The molecule has 24 heavy (non-hydrogen) atoms. The van der Waals surface area contributed by atoms with Crippen LogP contribution in [-0.4, -0.2) is 22.6 Å². The summed E-state index contributed by atoms with van der Waals surface area (Å²) < 4.78 is 1.79. The quantitative estimate of drug-likeness (QED) is 0.723. The lowest BCUT2D eigenvalue weighted by Crippen LogP contribution is -2.36. The summed E-state index contributed by atoms with van der Waals surface area (Å²) in [7, 11) is 0. The first-order valence-electron chi connectivity index (χ1n) is 8.58. The summed E-state index contributed by atoms with van der Waals surface area (Å²) >= 11 is 0. The molecule has 1 saturated heterocycles. The molecule has 1 aliphatic heterocycles. The van der Waals surface area contributed by atoms with Gasteiger partial charge in [-0.1, -0.05) is 30.3 Å². The van der Waals surface area contributed by atoms with Crippen LogP contribution in [0.3, 0.4) is 0 Å². The second-order valence-corrected chi connectivity index (χ2v) is 6.40. The molecule has 122 valence electrons. The normalized spacial score (nSPS) is 15.0. The fraction of sp³-hybridized carbons (Fsp3) is 0.300. The minimum absolute atomic E-state index is 0.00970. The first kappa shape index (κ1) is 14.9. The first-order valence-corrected chi connectivity index (χ1v) is 8.58. The predicted molar refractivity (Wildman–Crippen MR) is 98.1 cm³/mol. The lowest BCUT2D eigenvalue weighted by molar-refractivity contribution is 0.563. The van der Waals surface area contributed by atoms with Crippen molar-refractivity contribution in [2.24, 2.45) is 0 Å². The van der Waals surface area contributed by atoms with Crippen molar-refractivity contribution in [3.8, 4) is 5.69 Å². The molecule has 2 aromatic carbocycles. The molecule has 0 N–H and O–H groups in total. The zero-order valence-electron chi connectivity index (χ0n) is 13.9. The van der Waals surface area contributed by atoms with Crippen molar-refractivity contribution in [2.45, 2.75) is 26.2 Å². The van der Waals surface area contributed by atoms with E-state index >= 15 is 0 Å². The third-order valence-electron chi connectivity index (χ3n) is 4.75. The van der Waals surface area contributed by atoms with E-state index < -0.39 is 0 Å². The number of hydrogen-bond acceptors (Lipinski definition) is 3. The van der Waals surface area contributed by atoms with Crippen LogP contribution in [0.4, 0.5) is 5.95 Å². The van der Waals surface area contributed by atoms with Crippen molar-refractivity contribution in [1.29, 1.82) is 0 Å². The maximum atomic E-state index is 13.2. The van der Waals surface area contributed by atoms with Crippen LogP contribution in [0, 0.1) is 6.92 Å². The van der Waals surface area contributed by atoms with E-state index in [1.54, 1.807) is 4.57 Å². The third kappa shape index (κ3) is 2.48. The highest BCUT2D eigenvalue weighted by Crippen LogP contribution is 2.24. The van der Waals surface area contributed by atoms with E-state index in [2.05, 4.69) is 4.90 Å². The number of hydrogen-bond donors (Lipinski definition) is 0. The minimum atomic E-state index is 0.00970. The highest BCUT2D eigenvalue weighted by atomic mass is 16.1. The van der Waals surface area contributed by atoms with Gasteiger partial charge in [0.1, 0.15) is 0 Å². The summed E-state index contributed by atoms with van der Waals surface area (Å²) in [4.78, 5) is 20.4. The zero-order chi connectivity index (χ0) is 16.5. The van der Waals surface area contributed by atoms with Gasteiger partial charge < -0.3 is 4.90 Å². The summed E-state index contributed by atoms with van der Waals surface area (Å²) in [5, 5.41) is 0.668. The minimum Gasteiger partial charge on any atom is -0.342 e. The molecule has 0 radical (unpaired) electrons. The SMILES string of the molecule is Cc1ccccc1-n1c(N2CCCCC2)nc2ccccc2c1=O. The molecule has 0 unspecified atom stereocenters. The summed E-state index contributed by atoms with van der Waals surface area (Å²) in [6.45, 7) is 3.95. The summed E-state index contributed by atoms with van der Waals surface area (Å²) in [5.74, 6) is 0.771. The number of para-hydroxylation sites is 2. The van der Waals surface area contributed by atoms with Crippen molar-refractivity contribution in [2.75, 3.05) is 18.0 Å². The van der Waals surface area contributed by atoms with Crippen LogP contribution >= 0.6 is 0 Å². The van der Waals surface area contributed by atoms with E-state index in [0.29, 0.717) is 5.39 Å². The molecule has 4 heteroatoms. The number of aromatic nitrogens is 2. The van der Waals surface area contributed by atoms with Crippen LogP contribution in [0.1, 0.15) is 24.8 Å². The zero-order valence-corrected chi connectivity index (χ0v) is 13.9. The van der Waals surface area contributed by atoms with Gasteiger partial charge in [-0.2, -0.15) is 0 Å². The number of nitrogens with zero attached hydrogens (tertiary/aromatic N) is 3. The van der Waals surface area contributed by atoms with E-state index in [1.807, 2.05) is 55.5 Å². The summed E-state index contributed by atoms with van der Waals surface area (Å²) in [6, 6.07) is 15.6. The van der Waals surface area contributed by atoms with Crippen molar-refractivity contribution in [3.63, 3.8) is 0 Å². The Morgan fingerprint density at radius 3 is 2.42 bits per heavy atom. The average molecular weight is 319 g/mol. The fourth-order valence-corrected chi connectivity index (χ4v) is 3.46. The molecule has 4 nitrogen and oxygen atoms in total. The first-order chi connectivity index (χ1) is 11.8. The standard InChI is InChI=1S/C20H21N3O/c1-15-9-3-6-12-18(15)23-19(24)16-10-4-5-11-17(16)21-20(23)22-13-7-2-8-14-22/h3-6,9-12H,2,7-8,13-14H2,1H3. The van der Waals surface area contributed by atoms with Crippen molar-refractivity contribution in [3.05, 3.63) is 64.4 Å². The lowest BCUT2D eigenvalue weighted by atomic mass is 10.1. The Morgan fingerprint density at radius 1 is 0.917 bits per heavy atom. The average Bonchev–Trinajstić information content (AvgIpc) is 2.63. The Morgan fingerprint density at radius 2 is 1.62 bits per heavy atom. The van der Waals surface area contributed by atoms with Crippen LogP contribution in [-0.2, 0) is 0 Å². The Kier molecular flexibility index (Phi) is 3.81. The molecular formula is C20H21N3O. The van der Waals surface area contributed by atoms with Gasteiger partial charge >= 0.3 is 0 Å². The Hall–Kier alpha value is -2.62. The van der Waals surface area contributed by atoms with Crippen molar-refractivity contribution in [1.82, 2.24) is 9.55 Å². The number of rotatable bonds is 2. The van der Waals surface area contributed by atoms with E-state index in [0.717, 1.165) is 48.6 Å². The van der Waals surface area contributed by atoms with Crippen molar-refractivity contribution >= 4 is 16.9 Å². The van der Waals surface area contributed by atoms with Gasteiger partial charge in [0, 0.05) is 13.1 Å². The number of benzene rings is 2. The molecule has 3 aromatic rings. The molecule has 0 atom stereocenters. The van der Waals surface area contributed by atoms with Gasteiger partial charge in [0.25, 0.3) is 5.56 Å². The maximum Gasteiger partial charge on any atom is 0.267 e. The molecule has 0 bridgehead atoms. The third-order valence-corrected chi connectivity index (χ3v) is 4.75. The van der Waals surface area contributed by atoms with Gasteiger partial charge in [0.15, 0.2) is 0 Å². The number of piperidine rings is 1. The molecule has 1 aliphatic rings. The molecular weight excluding hydrogens is 298 g/mol. The number of aryl methyl sites for hydroxylation is 1. The van der Waals surface area contributed by atoms with Gasteiger partial charge in [0.05, 0.1) is 16.6 Å². The van der Waals surface area contributed by atoms with Gasteiger partial charge in [-0.3, -0.25) is 4.79 Å². The van der Waals surface area contributed by atoms with Gasteiger partial charge in [-0.15, -0.1) is 0 Å². The fourth-order valence-electron chi connectivity index (χ4n) is 3.46. The van der Waals surface area contributed by atoms with E-state index in [1.165, 1.54) is 6.42 Å². The van der Waals surface area contributed by atoms with Gasteiger partial charge in [-0.05, 0) is 49.9 Å². The predicted octanol–water partition coefficient (Wildman–Crippen LogP) is 3.68. The number of fused-ring (bicyclic) bond motifs is 1. The molecule has 1 aromatic heterocycles. The Balaban J connectivity index is 2.03. The second kappa shape index (κ2) is 6.11. The highest BCUT2D eigenvalue weighted by Gasteiger charge is 2.20. The Labute approximate surface area is 141 Å². The molecule has 0 aliphatic carbocycles. The van der Waals surface area contributed by atoms with Crippen LogP contribution in [0.5, 0.6) is 0 Å². The molecule has 0 saturated carbocycles. The maximum absolute atomic E-state index is 13.2. The largest absolute Gasteiger partial charge is 0.342 e. The molecule has 1 fully saturated rings. The van der Waals surface area contributed by atoms with Crippen molar-refractivity contribution < 1.29 is 0 Å². The van der Waals surface area contributed by atoms with Crippen LogP contribution in [0.15, 0.2) is 53.3 Å². The molecule has 2 heterocycles. The second-order valence-electron chi connectivity index (χ2n) is 6.40. The topological polar surface area (TPSA) is 38.1 Å². The number of anilines is 1. The highest BCUT2D eigenvalue weighted by molar-refractivity contribution is 5.79. The molecule has 4 rings (SSSR count).